The number of hydrogen-bond donors (Lipinski definition) is 1. The summed E-state index contributed by atoms with van der Waals surface area (Å²) < 4.78 is 1.77. The summed E-state index contributed by atoms with van der Waals surface area (Å²) in [5.74, 6) is 0.389. The first-order valence-corrected chi connectivity index (χ1v) is 8.78. The predicted octanol–water partition coefficient (Wildman–Crippen LogP) is 3.60. The molecule has 0 radical (unpaired) electrons. The highest BCUT2D eigenvalue weighted by Crippen LogP contribution is 2.24. The number of hydrogen-bond acceptors (Lipinski definition) is 4. The summed E-state index contributed by atoms with van der Waals surface area (Å²) in [4.78, 5) is 12.2. The van der Waals surface area contributed by atoms with Crippen LogP contribution in [0.4, 0.5) is 5.82 Å². The number of fused-ring (bicyclic) bond motifs is 1. The molecule has 6 heteroatoms. The zero-order valence-corrected chi connectivity index (χ0v) is 15.0. The molecular weight excluding hydrogens is 338 g/mol. The molecule has 0 saturated carbocycles. The molecule has 2 aromatic carbocycles. The van der Waals surface area contributed by atoms with E-state index >= 15 is 0 Å². The highest BCUT2D eigenvalue weighted by molar-refractivity contribution is 5.92. The van der Waals surface area contributed by atoms with E-state index in [0.717, 1.165) is 27.6 Å². The van der Waals surface area contributed by atoms with Gasteiger partial charge in [-0.3, -0.25) is 9.48 Å². The normalized spacial score (nSPS) is 10.9. The first-order chi connectivity index (χ1) is 13.2. The first-order valence-electron chi connectivity index (χ1n) is 8.78. The summed E-state index contributed by atoms with van der Waals surface area (Å²) in [7, 11) is 1.89. The van der Waals surface area contributed by atoms with Crippen LogP contribution in [-0.2, 0) is 18.3 Å². The molecule has 27 heavy (non-hydrogen) atoms. The Hall–Kier alpha value is -3.54. The Morgan fingerprint density at radius 2 is 1.89 bits per heavy atom. The largest absolute Gasteiger partial charge is 0.309 e. The zero-order valence-electron chi connectivity index (χ0n) is 15.0. The number of benzene rings is 2. The van der Waals surface area contributed by atoms with Crippen LogP contribution in [0.1, 0.15) is 12.0 Å². The third kappa shape index (κ3) is 4.00. The van der Waals surface area contributed by atoms with E-state index in [4.69, 9.17) is 0 Å². The van der Waals surface area contributed by atoms with Crippen molar-refractivity contribution in [2.24, 2.45) is 7.05 Å². The summed E-state index contributed by atoms with van der Waals surface area (Å²) in [5.41, 5.74) is 4.00. The molecule has 2 aromatic heterocycles. The molecule has 0 fully saturated rings. The SMILES string of the molecule is Cn1cc(-c2ccc3nnc(NC(=O)CCc4ccccc4)cc3c2)cn1. The van der Waals surface area contributed by atoms with Crippen LogP contribution in [0, 0.1) is 0 Å². The summed E-state index contributed by atoms with van der Waals surface area (Å²) in [5, 5.41) is 16.3. The Morgan fingerprint density at radius 1 is 1.04 bits per heavy atom. The molecule has 1 amide bonds. The van der Waals surface area contributed by atoms with Gasteiger partial charge in [-0.05, 0) is 35.7 Å². The average Bonchev–Trinajstić information content (AvgIpc) is 3.13. The average molecular weight is 357 g/mol. The van der Waals surface area contributed by atoms with E-state index in [1.807, 2.05) is 74.0 Å². The number of aryl methyl sites for hydroxylation is 2. The topological polar surface area (TPSA) is 72.7 Å². The van der Waals surface area contributed by atoms with Crippen molar-refractivity contribution < 1.29 is 4.79 Å². The lowest BCUT2D eigenvalue weighted by molar-refractivity contribution is -0.116. The number of rotatable bonds is 5. The van der Waals surface area contributed by atoms with Gasteiger partial charge in [0.15, 0.2) is 5.82 Å². The Balaban J connectivity index is 1.49. The molecule has 134 valence electrons. The fourth-order valence-corrected chi connectivity index (χ4v) is 2.96. The van der Waals surface area contributed by atoms with Crippen molar-refractivity contribution in [1.29, 1.82) is 0 Å². The second-order valence-electron chi connectivity index (χ2n) is 6.44. The highest BCUT2D eigenvalue weighted by atomic mass is 16.1. The summed E-state index contributed by atoms with van der Waals surface area (Å²) in [6.07, 6.45) is 4.88. The van der Waals surface area contributed by atoms with Gasteiger partial charge in [0, 0.05) is 30.6 Å². The lowest BCUT2D eigenvalue weighted by atomic mass is 10.1. The van der Waals surface area contributed by atoms with Gasteiger partial charge in [0.25, 0.3) is 0 Å². The number of nitrogens with one attached hydrogen (secondary N) is 1. The summed E-state index contributed by atoms with van der Waals surface area (Å²) >= 11 is 0. The van der Waals surface area contributed by atoms with E-state index in [-0.39, 0.29) is 5.91 Å². The minimum absolute atomic E-state index is 0.0732. The van der Waals surface area contributed by atoms with E-state index in [9.17, 15) is 4.79 Å². The van der Waals surface area contributed by atoms with Gasteiger partial charge in [-0.25, -0.2) is 0 Å². The van der Waals surface area contributed by atoms with Gasteiger partial charge in [-0.15, -0.1) is 10.2 Å². The molecule has 6 nitrogen and oxygen atoms in total. The van der Waals surface area contributed by atoms with Crippen LogP contribution < -0.4 is 5.32 Å². The molecule has 0 aliphatic carbocycles. The number of anilines is 1. The number of nitrogens with zero attached hydrogens (tertiary/aromatic N) is 4. The summed E-state index contributed by atoms with van der Waals surface area (Å²) in [6.45, 7) is 0. The standard InChI is InChI=1S/C21H19N5O/c1-26-14-18(13-22-26)16-8-9-19-17(11-16)12-20(25-24-19)23-21(27)10-7-15-5-3-2-4-6-15/h2-6,8-9,11-14H,7,10H2,1H3,(H,23,25,27). The smallest absolute Gasteiger partial charge is 0.225 e. The van der Waals surface area contributed by atoms with Gasteiger partial charge in [-0.2, -0.15) is 5.10 Å². The van der Waals surface area contributed by atoms with Crippen LogP contribution in [0.2, 0.25) is 0 Å². The Kier molecular flexibility index (Phi) is 4.61. The number of carbonyl (C=O) groups excluding carboxylic acids is 1. The summed E-state index contributed by atoms with van der Waals surface area (Å²) in [6, 6.07) is 17.7. The molecule has 0 bridgehead atoms. The van der Waals surface area contributed by atoms with Crippen LogP contribution >= 0.6 is 0 Å². The Bertz CT molecular complexity index is 1090. The minimum atomic E-state index is -0.0732. The van der Waals surface area contributed by atoms with Crippen LogP contribution in [0.3, 0.4) is 0 Å². The van der Waals surface area contributed by atoms with E-state index in [1.54, 1.807) is 4.68 Å². The molecule has 0 aliphatic heterocycles. The van der Waals surface area contributed by atoms with Crippen LogP contribution in [0.5, 0.6) is 0 Å². The van der Waals surface area contributed by atoms with E-state index in [2.05, 4.69) is 20.6 Å². The quantitative estimate of drug-likeness (QED) is 0.592. The fourth-order valence-electron chi connectivity index (χ4n) is 2.96. The van der Waals surface area contributed by atoms with Gasteiger partial charge in [0.1, 0.15) is 0 Å². The maximum Gasteiger partial charge on any atom is 0.225 e. The lowest BCUT2D eigenvalue weighted by Gasteiger charge is -2.06. The highest BCUT2D eigenvalue weighted by Gasteiger charge is 2.08. The van der Waals surface area contributed by atoms with E-state index in [0.29, 0.717) is 18.7 Å². The maximum atomic E-state index is 12.2. The lowest BCUT2D eigenvalue weighted by Crippen LogP contribution is -2.13. The first kappa shape index (κ1) is 16.9. The monoisotopic (exact) mass is 357 g/mol. The van der Waals surface area contributed by atoms with Crippen molar-refractivity contribution in [3.63, 3.8) is 0 Å². The third-order valence-electron chi connectivity index (χ3n) is 4.37. The molecule has 0 unspecified atom stereocenters. The second kappa shape index (κ2) is 7.37. The van der Waals surface area contributed by atoms with Crippen molar-refractivity contribution >= 4 is 22.6 Å². The Labute approximate surface area is 156 Å². The van der Waals surface area contributed by atoms with Crippen molar-refractivity contribution in [2.45, 2.75) is 12.8 Å². The van der Waals surface area contributed by atoms with Crippen LogP contribution in [0.25, 0.3) is 22.0 Å². The minimum Gasteiger partial charge on any atom is -0.309 e. The van der Waals surface area contributed by atoms with Gasteiger partial charge in [0.2, 0.25) is 5.91 Å². The predicted molar refractivity (Wildman–Crippen MR) is 105 cm³/mol. The van der Waals surface area contributed by atoms with Gasteiger partial charge < -0.3 is 5.32 Å². The van der Waals surface area contributed by atoms with Crippen molar-refractivity contribution in [2.75, 3.05) is 5.32 Å². The number of carbonyl (C=O) groups is 1. The molecule has 1 N–H and O–H groups in total. The van der Waals surface area contributed by atoms with Gasteiger partial charge >= 0.3 is 0 Å². The third-order valence-corrected chi connectivity index (χ3v) is 4.37. The van der Waals surface area contributed by atoms with Crippen LogP contribution in [0.15, 0.2) is 67.0 Å². The molecule has 0 spiro atoms. The number of amides is 1. The van der Waals surface area contributed by atoms with E-state index < -0.39 is 0 Å². The molecule has 0 saturated heterocycles. The van der Waals surface area contributed by atoms with Gasteiger partial charge in [0.05, 0.1) is 11.7 Å². The van der Waals surface area contributed by atoms with Crippen molar-refractivity contribution in [3.8, 4) is 11.1 Å². The second-order valence-corrected chi connectivity index (χ2v) is 6.44. The number of aromatic nitrogens is 4. The van der Waals surface area contributed by atoms with Gasteiger partial charge in [-0.1, -0.05) is 36.4 Å². The maximum absolute atomic E-state index is 12.2. The van der Waals surface area contributed by atoms with Crippen molar-refractivity contribution in [1.82, 2.24) is 20.0 Å². The molecule has 4 rings (SSSR count). The van der Waals surface area contributed by atoms with Crippen LogP contribution in [-0.4, -0.2) is 25.9 Å². The molecule has 2 heterocycles. The molecule has 0 aliphatic rings. The van der Waals surface area contributed by atoms with Crippen molar-refractivity contribution in [3.05, 3.63) is 72.6 Å². The molecule has 4 aromatic rings. The molecule has 0 atom stereocenters. The fraction of sp³-hybridized carbons (Fsp3) is 0.143. The molecular formula is C21H19N5O. The van der Waals surface area contributed by atoms with E-state index in [1.165, 1.54) is 0 Å². The Morgan fingerprint density at radius 3 is 2.67 bits per heavy atom. The zero-order chi connectivity index (χ0) is 18.6.